The van der Waals surface area contributed by atoms with Gasteiger partial charge in [0.05, 0.1) is 5.97 Å². The molecule has 0 unspecified atom stereocenters. The van der Waals surface area contributed by atoms with Gasteiger partial charge in [-0.2, -0.15) is 0 Å². The standard InChI is InChI=1S/C14H11NO2.Na/c15-14(13(16)17)11-7-3-1-5-9(11)10-6-2-4-8-12(10)14;/h1-8H,15H2,(H,16,17);/q;+1/p-1. The van der Waals surface area contributed by atoms with Gasteiger partial charge in [0.2, 0.25) is 0 Å². The van der Waals surface area contributed by atoms with Gasteiger partial charge in [-0.15, -0.1) is 0 Å². The van der Waals surface area contributed by atoms with Gasteiger partial charge in [0.25, 0.3) is 0 Å². The minimum absolute atomic E-state index is 0. The van der Waals surface area contributed by atoms with E-state index in [4.69, 9.17) is 5.73 Å². The van der Waals surface area contributed by atoms with Crippen molar-refractivity contribution in [3.8, 4) is 11.1 Å². The Bertz CT molecular complexity index is 579. The van der Waals surface area contributed by atoms with Gasteiger partial charge in [-0.05, 0) is 22.3 Å². The van der Waals surface area contributed by atoms with Gasteiger partial charge in [0, 0.05) is 0 Å². The summed E-state index contributed by atoms with van der Waals surface area (Å²) in [6, 6.07) is 14.6. The summed E-state index contributed by atoms with van der Waals surface area (Å²) in [5, 5.41) is 11.4. The number of hydrogen-bond acceptors (Lipinski definition) is 3. The monoisotopic (exact) mass is 247 g/mol. The molecule has 3 rings (SSSR count). The van der Waals surface area contributed by atoms with E-state index in [2.05, 4.69) is 0 Å². The number of benzene rings is 2. The van der Waals surface area contributed by atoms with E-state index >= 15 is 0 Å². The second-order valence-corrected chi connectivity index (χ2v) is 4.19. The molecular formula is C14H10NNaO2. The van der Waals surface area contributed by atoms with E-state index in [-0.39, 0.29) is 29.6 Å². The molecule has 2 N–H and O–H groups in total. The Hall–Kier alpha value is -1.13. The van der Waals surface area contributed by atoms with Gasteiger partial charge < -0.3 is 15.6 Å². The Morgan fingerprint density at radius 3 is 1.72 bits per heavy atom. The Morgan fingerprint density at radius 2 is 1.33 bits per heavy atom. The summed E-state index contributed by atoms with van der Waals surface area (Å²) >= 11 is 0. The van der Waals surface area contributed by atoms with Gasteiger partial charge >= 0.3 is 29.6 Å². The van der Waals surface area contributed by atoms with Crippen LogP contribution in [-0.4, -0.2) is 5.97 Å². The minimum atomic E-state index is -1.53. The summed E-state index contributed by atoms with van der Waals surface area (Å²) in [4.78, 5) is 11.4. The number of hydrogen-bond donors (Lipinski definition) is 1. The first kappa shape index (κ1) is 13.3. The number of carbonyl (C=O) groups excluding carboxylic acids is 1. The van der Waals surface area contributed by atoms with Crippen LogP contribution in [0.15, 0.2) is 48.5 Å². The summed E-state index contributed by atoms with van der Waals surface area (Å²) in [7, 11) is 0. The average Bonchev–Trinajstić information content (AvgIpc) is 2.63. The summed E-state index contributed by atoms with van der Waals surface area (Å²) in [5.41, 5.74) is 7.47. The van der Waals surface area contributed by atoms with Crippen molar-refractivity contribution in [1.29, 1.82) is 0 Å². The molecule has 0 saturated carbocycles. The number of rotatable bonds is 1. The fourth-order valence-electron chi connectivity index (χ4n) is 2.49. The van der Waals surface area contributed by atoms with Gasteiger partial charge in [-0.25, -0.2) is 0 Å². The summed E-state index contributed by atoms with van der Waals surface area (Å²) in [6.07, 6.45) is 0. The first-order valence-electron chi connectivity index (χ1n) is 5.35. The number of carboxylic acid groups (broad SMARTS) is 1. The molecule has 0 bridgehead atoms. The molecule has 3 nitrogen and oxygen atoms in total. The maximum absolute atomic E-state index is 11.4. The van der Waals surface area contributed by atoms with E-state index in [1.54, 1.807) is 24.3 Å². The zero-order chi connectivity index (χ0) is 12.0. The van der Waals surface area contributed by atoms with Gasteiger partial charge in [0.1, 0.15) is 5.54 Å². The molecule has 84 valence electrons. The van der Waals surface area contributed by atoms with E-state index in [0.29, 0.717) is 11.1 Å². The number of carbonyl (C=O) groups is 1. The smallest absolute Gasteiger partial charge is 0.547 e. The third-order valence-electron chi connectivity index (χ3n) is 3.32. The summed E-state index contributed by atoms with van der Waals surface area (Å²) in [5.74, 6) is -1.27. The molecule has 0 fully saturated rings. The predicted octanol–water partition coefficient (Wildman–Crippen LogP) is -2.38. The van der Waals surface area contributed by atoms with Crippen LogP contribution in [-0.2, 0) is 10.3 Å². The van der Waals surface area contributed by atoms with Crippen LogP contribution >= 0.6 is 0 Å². The van der Waals surface area contributed by atoms with E-state index < -0.39 is 11.5 Å². The van der Waals surface area contributed by atoms with Crippen LogP contribution in [0.4, 0.5) is 0 Å². The number of nitrogens with two attached hydrogens (primary N) is 1. The second-order valence-electron chi connectivity index (χ2n) is 4.19. The molecule has 0 aliphatic heterocycles. The molecule has 0 radical (unpaired) electrons. The van der Waals surface area contributed by atoms with Crippen LogP contribution in [0.5, 0.6) is 0 Å². The van der Waals surface area contributed by atoms with Crippen molar-refractivity contribution in [2.45, 2.75) is 5.54 Å². The molecule has 1 aliphatic rings. The first-order valence-corrected chi connectivity index (χ1v) is 5.35. The van der Waals surface area contributed by atoms with Crippen molar-refractivity contribution in [3.63, 3.8) is 0 Å². The van der Waals surface area contributed by atoms with Crippen LogP contribution in [0.25, 0.3) is 11.1 Å². The summed E-state index contributed by atoms with van der Waals surface area (Å²) < 4.78 is 0. The molecule has 0 saturated heterocycles. The fourth-order valence-corrected chi connectivity index (χ4v) is 2.49. The fraction of sp³-hybridized carbons (Fsp3) is 0.0714. The van der Waals surface area contributed by atoms with E-state index in [1.165, 1.54) is 0 Å². The third-order valence-corrected chi connectivity index (χ3v) is 3.32. The zero-order valence-corrected chi connectivity index (χ0v) is 12.0. The normalized spacial score (nSPS) is 14.3. The molecular weight excluding hydrogens is 237 g/mol. The van der Waals surface area contributed by atoms with Crippen LogP contribution in [0.3, 0.4) is 0 Å². The van der Waals surface area contributed by atoms with Crippen LogP contribution in [0, 0.1) is 0 Å². The molecule has 0 heterocycles. The number of aliphatic carboxylic acids is 1. The largest absolute Gasteiger partial charge is 1.00 e. The molecule has 2 aromatic carbocycles. The first-order chi connectivity index (χ1) is 8.15. The maximum atomic E-state index is 11.4. The molecule has 18 heavy (non-hydrogen) atoms. The van der Waals surface area contributed by atoms with Crippen molar-refractivity contribution < 1.29 is 39.5 Å². The van der Waals surface area contributed by atoms with Crippen molar-refractivity contribution in [1.82, 2.24) is 0 Å². The number of carboxylic acids is 1. The Morgan fingerprint density at radius 1 is 0.944 bits per heavy atom. The third kappa shape index (κ3) is 1.56. The summed E-state index contributed by atoms with van der Waals surface area (Å²) in [6.45, 7) is 0. The van der Waals surface area contributed by atoms with Crippen LogP contribution < -0.4 is 40.4 Å². The quantitative estimate of drug-likeness (QED) is 0.572. The predicted molar refractivity (Wildman–Crippen MR) is 61.9 cm³/mol. The second kappa shape index (κ2) is 4.52. The molecule has 4 heteroatoms. The van der Waals surface area contributed by atoms with Crippen molar-refractivity contribution in [3.05, 3.63) is 59.7 Å². The molecule has 0 atom stereocenters. The van der Waals surface area contributed by atoms with Gasteiger partial charge in [-0.3, -0.25) is 0 Å². The van der Waals surface area contributed by atoms with Gasteiger partial charge in [-0.1, -0.05) is 48.5 Å². The minimum Gasteiger partial charge on any atom is -0.547 e. The zero-order valence-electron chi connectivity index (χ0n) is 10.0. The number of fused-ring (bicyclic) bond motifs is 3. The Kier molecular flexibility index (Phi) is 3.34. The molecule has 0 spiro atoms. The van der Waals surface area contributed by atoms with Crippen molar-refractivity contribution >= 4 is 5.97 Å². The van der Waals surface area contributed by atoms with Crippen molar-refractivity contribution in [2.24, 2.45) is 5.73 Å². The molecule has 0 aromatic heterocycles. The van der Waals surface area contributed by atoms with Crippen molar-refractivity contribution in [2.75, 3.05) is 0 Å². The van der Waals surface area contributed by atoms with E-state index in [9.17, 15) is 9.90 Å². The van der Waals surface area contributed by atoms with Crippen LogP contribution in [0.2, 0.25) is 0 Å². The topological polar surface area (TPSA) is 66.2 Å². The molecule has 2 aromatic rings. The van der Waals surface area contributed by atoms with Crippen LogP contribution in [0.1, 0.15) is 11.1 Å². The molecule has 0 amide bonds. The SMILES string of the molecule is NC1(C(=O)[O-])c2ccccc2-c2ccccc21.[Na+]. The van der Waals surface area contributed by atoms with Gasteiger partial charge in [0.15, 0.2) is 0 Å². The Labute approximate surface area is 127 Å². The van der Waals surface area contributed by atoms with E-state index in [0.717, 1.165) is 11.1 Å². The Balaban J connectivity index is 0.00000120. The van der Waals surface area contributed by atoms with E-state index in [1.807, 2.05) is 24.3 Å². The molecule has 1 aliphatic carbocycles. The average molecular weight is 247 g/mol. The maximum Gasteiger partial charge on any atom is 1.00 e.